The van der Waals surface area contributed by atoms with Gasteiger partial charge in [-0.1, -0.05) is 18.7 Å². The molecule has 1 atom stereocenters. The Kier molecular flexibility index (Phi) is 4.83. The number of aryl methyl sites for hydroxylation is 2. The van der Waals surface area contributed by atoms with Crippen LogP contribution in [-0.4, -0.2) is 20.3 Å². The van der Waals surface area contributed by atoms with Gasteiger partial charge in [0, 0.05) is 28.0 Å². The zero-order valence-electron chi connectivity index (χ0n) is 14.2. The highest BCUT2D eigenvalue weighted by Gasteiger charge is 2.15. The number of aromatic nitrogens is 2. The van der Waals surface area contributed by atoms with Crippen LogP contribution < -0.4 is 5.32 Å². The summed E-state index contributed by atoms with van der Waals surface area (Å²) in [6, 6.07) is 7.74. The van der Waals surface area contributed by atoms with E-state index in [9.17, 15) is 5.11 Å². The molecule has 5 nitrogen and oxygen atoms in total. The largest absolute Gasteiger partial charge is 0.369 e. The van der Waals surface area contributed by atoms with Crippen LogP contribution in [0, 0.1) is 19.3 Å². The van der Waals surface area contributed by atoms with Gasteiger partial charge in [-0.2, -0.15) is 0 Å². The molecule has 0 aliphatic heterocycles. The maximum Gasteiger partial charge on any atom is 0.155 e. The summed E-state index contributed by atoms with van der Waals surface area (Å²) in [4.78, 5) is 5.55. The Bertz CT molecular complexity index is 953. The van der Waals surface area contributed by atoms with Gasteiger partial charge in [0.2, 0.25) is 0 Å². The van der Waals surface area contributed by atoms with Crippen LogP contribution in [0.4, 0.5) is 0 Å². The molecule has 6 heteroatoms. The molecule has 0 bridgehead atoms. The maximum atomic E-state index is 10.4. The molecule has 3 N–H and O–H groups in total. The number of fused-ring (bicyclic) bond motifs is 1. The van der Waals surface area contributed by atoms with E-state index >= 15 is 0 Å². The van der Waals surface area contributed by atoms with Gasteiger partial charge in [0.05, 0.1) is 0 Å². The molecule has 3 heterocycles. The predicted octanol–water partition coefficient (Wildman–Crippen LogP) is 3.84. The molecule has 0 spiro atoms. The molecular weight excluding hydrogens is 332 g/mol. The Balaban J connectivity index is 1.73. The van der Waals surface area contributed by atoms with Crippen LogP contribution in [0.3, 0.4) is 0 Å². The molecule has 0 amide bonds. The fourth-order valence-electron chi connectivity index (χ4n) is 2.63. The number of nitrogens with one attached hydrogen (secondary N) is 2. The first-order valence-corrected chi connectivity index (χ1v) is 8.73. The lowest BCUT2D eigenvalue weighted by Crippen LogP contribution is -2.26. The van der Waals surface area contributed by atoms with Gasteiger partial charge < -0.3 is 14.8 Å². The van der Waals surface area contributed by atoms with Gasteiger partial charge in [-0.25, -0.2) is 4.98 Å². The van der Waals surface area contributed by atoms with Crippen molar-refractivity contribution in [1.29, 1.82) is 5.41 Å². The Morgan fingerprint density at radius 2 is 2.20 bits per heavy atom. The zero-order valence-corrected chi connectivity index (χ0v) is 15.0. The van der Waals surface area contributed by atoms with Gasteiger partial charge in [-0.3, -0.25) is 5.41 Å². The molecule has 0 aliphatic rings. The minimum absolute atomic E-state index is 0.105. The standard InChI is InChI=1S/C19H20N4OS/c1-12(16-5-4-10-25-16)6-7-17(20)22-19(24)15-8-9-23-14(3)11-13(2)21-18(15)23/h4-11,19,24H,1H2,2-3H3,(H2,20,22)/b7-6-. The normalized spacial score (nSPS) is 12.6. The Morgan fingerprint density at radius 1 is 1.40 bits per heavy atom. The maximum absolute atomic E-state index is 10.4. The number of amidine groups is 1. The van der Waals surface area contributed by atoms with Crippen molar-refractivity contribution in [3.63, 3.8) is 0 Å². The summed E-state index contributed by atoms with van der Waals surface area (Å²) in [7, 11) is 0. The van der Waals surface area contributed by atoms with E-state index in [1.165, 1.54) is 0 Å². The minimum atomic E-state index is -1.01. The number of aliphatic hydroxyl groups is 1. The number of aliphatic hydroxyl groups excluding tert-OH is 1. The molecule has 0 radical (unpaired) electrons. The van der Waals surface area contributed by atoms with E-state index in [1.54, 1.807) is 23.5 Å². The molecule has 3 aromatic heterocycles. The second-order valence-electron chi connectivity index (χ2n) is 5.80. The van der Waals surface area contributed by atoms with Crippen molar-refractivity contribution in [2.45, 2.75) is 20.1 Å². The number of thiophene rings is 1. The lowest BCUT2D eigenvalue weighted by atomic mass is 10.2. The molecule has 0 saturated carbocycles. The zero-order chi connectivity index (χ0) is 18.0. The van der Waals surface area contributed by atoms with Crippen LogP contribution >= 0.6 is 11.3 Å². The summed E-state index contributed by atoms with van der Waals surface area (Å²) >= 11 is 1.60. The van der Waals surface area contributed by atoms with Crippen molar-refractivity contribution in [3.8, 4) is 0 Å². The third kappa shape index (κ3) is 3.70. The molecule has 0 saturated heterocycles. The highest BCUT2D eigenvalue weighted by Crippen LogP contribution is 2.21. The Morgan fingerprint density at radius 3 is 2.92 bits per heavy atom. The summed E-state index contributed by atoms with van der Waals surface area (Å²) in [6.45, 7) is 7.90. The second kappa shape index (κ2) is 7.04. The van der Waals surface area contributed by atoms with Crippen LogP contribution in [-0.2, 0) is 0 Å². The van der Waals surface area contributed by atoms with Crippen LogP contribution in [0.15, 0.2) is 54.6 Å². The van der Waals surface area contributed by atoms with Gasteiger partial charge in [0.15, 0.2) is 6.23 Å². The molecule has 25 heavy (non-hydrogen) atoms. The predicted molar refractivity (Wildman–Crippen MR) is 103 cm³/mol. The quantitative estimate of drug-likeness (QED) is 0.283. The molecular formula is C19H20N4OS. The Hall–Kier alpha value is -2.70. The number of hydrogen-bond donors (Lipinski definition) is 3. The number of rotatable bonds is 5. The summed E-state index contributed by atoms with van der Waals surface area (Å²) in [6.07, 6.45) is 4.21. The summed E-state index contributed by atoms with van der Waals surface area (Å²) in [5.41, 5.74) is 4.10. The highest BCUT2D eigenvalue weighted by molar-refractivity contribution is 7.11. The molecule has 1 unspecified atom stereocenters. The SMILES string of the molecule is C=C(/C=C\C(=N)NC(O)c1ccn2c(C)cc(C)nc12)c1cccs1. The van der Waals surface area contributed by atoms with E-state index in [-0.39, 0.29) is 5.84 Å². The average molecular weight is 352 g/mol. The van der Waals surface area contributed by atoms with E-state index in [1.807, 2.05) is 54.1 Å². The first-order valence-electron chi connectivity index (χ1n) is 7.85. The number of allylic oxidation sites excluding steroid dienone is 2. The minimum Gasteiger partial charge on any atom is -0.369 e. The fraction of sp³-hybridized carbons (Fsp3) is 0.158. The fourth-order valence-corrected chi connectivity index (χ4v) is 3.31. The van der Waals surface area contributed by atoms with Crippen LogP contribution in [0.5, 0.6) is 0 Å². The lowest BCUT2D eigenvalue weighted by molar-refractivity contribution is 0.164. The van der Waals surface area contributed by atoms with Crippen LogP contribution in [0.1, 0.15) is 28.1 Å². The van der Waals surface area contributed by atoms with Crippen molar-refractivity contribution in [2.75, 3.05) is 0 Å². The van der Waals surface area contributed by atoms with E-state index in [4.69, 9.17) is 5.41 Å². The molecule has 0 aliphatic carbocycles. The van der Waals surface area contributed by atoms with Gasteiger partial charge in [0.25, 0.3) is 0 Å². The van der Waals surface area contributed by atoms with Gasteiger partial charge >= 0.3 is 0 Å². The van der Waals surface area contributed by atoms with Crippen molar-refractivity contribution in [2.24, 2.45) is 0 Å². The molecule has 0 aromatic carbocycles. The molecule has 128 valence electrons. The summed E-state index contributed by atoms with van der Waals surface area (Å²) in [5.74, 6) is 0.105. The smallest absolute Gasteiger partial charge is 0.155 e. The first kappa shape index (κ1) is 17.1. The van der Waals surface area contributed by atoms with Crippen molar-refractivity contribution in [1.82, 2.24) is 14.7 Å². The average Bonchev–Trinajstić information content (AvgIpc) is 3.21. The van der Waals surface area contributed by atoms with E-state index in [0.717, 1.165) is 21.8 Å². The van der Waals surface area contributed by atoms with Gasteiger partial charge in [0.1, 0.15) is 11.5 Å². The van der Waals surface area contributed by atoms with Crippen molar-refractivity contribution < 1.29 is 5.11 Å². The van der Waals surface area contributed by atoms with Crippen molar-refractivity contribution in [3.05, 3.63) is 76.4 Å². The first-order chi connectivity index (χ1) is 12.0. The molecule has 3 aromatic rings. The number of nitrogens with zero attached hydrogens (tertiary/aromatic N) is 2. The van der Waals surface area contributed by atoms with Gasteiger partial charge in [-0.15, -0.1) is 11.3 Å². The topological polar surface area (TPSA) is 73.4 Å². The van der Waals surface area contributed by atoms with Crippen LogP contribution in [0.25, 0.3) is 11.2 Å². The molecule has 3 rings (SSSR count). The summed E-state index contributed by atoms with van der Waals surface area (Å²) in [5, 5.41) is 23.2. The van der Waals surface area contributed by atoms with E-state index < -0.39 is 6.23 Å². The van der Waals surface area contributed by atoms with E-state index in [2.05, 4.69) is 16.9 Å². The third-order valence-corrected chi connectivity index (χ3v) is 4.79. The highest BCUT2D eigenvalue weighted by atomic mass is 32.1. The van der Waals surface area contributed by atoms with Crippen LogP contribution in [0.2, 0.25) is 0 Å². The monoisotopic (exact) mass is 352 g/mol. The summed E-state index contributed by atoms with van der Waals surface area (Å²) < 4.78 is 1.92. The van der Waals surface area contributed by atoms with E-state index in [0.29, 0.717) is 11.2 Å². The Labute approximate surface area is 150 Å². The number of hydrogen-bond acceptors (Lipinski definition) is 4. The third-order valence-electron chi connectivity index (χ3n) is 3.85. The lowest BCUT2D eigenvalue weighted by Gasteiger charge is -2.13. The molecule has 0 fully saturated rings. The second-order valence-corrected chi connectivity index (χ2v) is 6.75. The van der Waals surface area contributed by atoms with Crippen molar-refractivity contribution >= 4 is 28.4 Å². The van der Waals surface area contributed by atoms with Gasteiger partial charge in [-0.05, 0) is 49.1 Å².